The average Bonchev–Trinajstić information content (AvgIpc) is 3.05. The molecule has 1 saturated heterocycles. The number of hydrogen-bond donors (Lipinski definition) is 1. The highest BCUT2D eigenvalue weighted by Gasteiger charge is 2.25. The molecule has 4 rings (SSSR count). The van der Waals surface area contributed by atoms with E-state index in [1.165, 1.54) is 11.8 Å². The Morgan fingerprint density at radius 2 is 1.85 bits per heavy atom. The van der Waals surface area contributed by atoms with Crippen LogP contribution in [-0.2, 0) is 15.8 Å². The Bertz CT molecular complexity index is 1200. The van der Waals surface area contributed by atoms with Crippen LogP contribution in [0.5, 0.6) is 0 Å². The number of carbonyl (C=O) groups is 1. The molecule has 0 radical (unpaired) electrons. The van der Waals surface area contributed by atoms with Crippen LogP contribution >= 0.6 is 11.8 Å². The molecule has 1 amide bonds. The lowest BCUT2D eigenvalue weighted by Crippen LogP contribution is -2.31. The summed E-state index contributed by atoms with van der Waals surface area (Å²) >= 11 is 1.40. The van der Waals surface area contributed by atoms with Gasteiger partial charge in [-0.25, -0.2) is 13.4 Å². The molecular formula is C23H26N4O4S2. The monoisotopic (exact) mass is 486 g/mol. The van der Waals surface area contributed by atoms with Gasteiger partial charge in [-0.05, 0) is 56.2 Å². The zero-order chi connectivity index (χ0) is 23.3. The van der Waals surface area contributed by atoms with E-state index >= 15 is 0 Å². The molecule has 3 heterocycles. The first kappa shape index (κ1) is 23.5. The highest BCUT2D eigenvalue weighted by atomic mass is 32.2. The molecular weight excluding hydrogens is 460 g/mol. The Labute approximate surface area is 197 Å². The molecule has 33 heavy (non-hydrogen) atoms. The first-order valence-electron chi connectivity index (χ1n) is 10.8. The minimum atomic E-state index is -3.53. The minimum absolute atomic E-state index is 0.239. The highest BCUT2D eigenvalue weighted by molar-refractivity contribution is 7.98. The predicted molar refractivity (Wildman–Crippen MR) is 127 cm³/mol. The maximum atomic E-state index is 12.9. The van der Waals surface area contributed by atoms with Gasteiger partial charge in [0.1, 0.15) is 10.8 Å². The van der Waals surface area contributed by atoms with Crippen LogP contribution in [0.3, 0.4) is 0 Å². The summed E-state index contributed by atoms with van der Waals surface area (Å²) in [6.45, 7) is 2.93. The van der Waals surface area contributed by atoms with Crippen LogP contribution < -0.4 is 5.32 Å². The van der Waals surface area contributed by atoms with E-state index in [1.54, 1.807) is 46.9 Å². The molecule has 8 nitrogen and oxygen atoms in total. The Kier molecular flexibility index (Phi) is 7.46. The lowest BCUT2D eigenvalue weighted by molar-refractivity contribution is 0.102. The fraction of sp³-hybridized carbons (Fsp3) is 0.348. The van der Waals surface area contributed by atoms with E-state index in [9.17, 15) is 13.2 Å². The fourth-order valence-corrected chi connectivity index (χ4v) is 6.04. The van der Waals surface area contributed by atoms with E-state index < -0.39 is 10.0 Å². The third-order valence-corrected chi connectivity index (χ3v) is 8.32. The number of amides is 1. The van der Waals surface area contributed by atoms with Gasteiger partial charge in [0.05, 0.1) is 16.2 Å². The average molecular weight is 487 g/mol. The molecule has 174 valence electrons. The molecule has 2 aromatic heterocycles. The standard InChI is InChI=1S/C23H26N4O4S2/c1-17-15-19(26-31-17)16-32-23-21(7-6-12-24-23)22(28)25-18-8-10-20(11-9-18)33(29,30)27-13-4-2-3-5-14-27/h6-12,15H,2-5,13-14,16H2,1H3,(H,25,28). The molecule has 0 unspecified atom stereocenters. The first-order valence-corrected chi connectivity index (χ1v) is 13.3. The lowest BCUT2D eigenvalue weighted by Gasteiger charge is -2.20. The van der Waals surface area contributed by atoms with Gasteiger partial charge < -0.3 is 9.84 Å². The van der Waals surface area contributed by atoms with Gasteiger partial charge >= 0.3 is 0 Å². The summed E-state index contributed by atoms with van der Waals surface area (Å²) in [5.41, 5.74) is 1.72. The van der Waals surface area contributed by atoms with Crippen molar-refractivity contribution in [1.29, 1.82) is 0 Å². The van der Waals surface area contributed by atoms with Crippen molar-refractivity contribution in [3.63, 3.8) is 0 Å². The van der Waals surface area contributed by atoms with E-state index in [0.717, 1.165) is 37.1 Å². The van der Waals surface area contributed by atoms with Gasteiger partial charge in [-0.3, -0.25) is 4.79 Å². The lowest BCUT2D eigenvalue weighted by atomic mass is 10.2. The summed E-state index contributed by atoms with van der Waals surface area (Å²) in [5, 5.41) is 7.38. The zero-order valence-corrected chi connectivity index (χ0v) is 20.0. The Morgan fingerprint density at radius 1 is 1.12 bits per heavy atom. The highest BCUT2D eigenvalue weighted by Crippen LogP contribution is 2.26. The van der Waals surface area contributed by atoms with Crippen molar-refractivity contribution >= 4 is 33.4 Å². The van der Waals surface area contributed by atoms with Crippen molar-refractivity contribution in [2.75, 3.05) is 18.4 Å². The van der Waals surface area contributed by atoms with Gasteiger partial charge in [0.15, 0.2) is 0 Å². The zero-order valence-electron chi connectivity index (χ0n) is 18.4. The number of hydrogen-bond acceptors (Lipinski definition) is 7. The van der Waals surface area contributed by atoms with Gasteiger partial charge in [-0.1, -0.05) is 29.8 Å². The maximum absolute atomic E-state index is 12.9. The Hall–Kier alpha value is -2.69. The molecule has 1 aliphatic heterocycles. The Morgan fingerprint density at radius 3 is 2.52 bits per heavy atom. The molecule has 1 fully saturated rings. The van der Waals surface area contributed by atoms with Crippen LogP contribution in [0.15, 0.2) is 63.1 Å². The van der Waals surface area contributed by atoms with Crippen LogP contribution in [0.25, 0.3) is 0 Å². The van der Waals surface area contributed by atoms with Crippen LogP contribution in [0.1, 0.15) is 47.5 Å². The van der Waals surface area contributed by atoms with Crippen molar-refractivity contribution < 1.29 is 17.7 Å². The summed E-state index contributed by atoms with van der Waals surface area (Å²) in [7, 11) is -3.53. The largest absolute Gasteiger partial charge is 0.361 e. The predicted octanol–water partition coefficient (Wildman–Crippen LogP) is 4.49. The number of thioether (sulfide) groups is 1. The number of sulfonamides is 1. The molecule has 10 heteroatoms. The van der Waals surface area contributed by atoms with E-state index in [1.807, 2.05) is 13.0 Å². The van der Waals surface area contributed by atoms with Gasteiger partial charge in [-0.15, -0.1) is 0 Å². The quantitative estimate of drug-likeness (QED) is 0.491. The molecule has 0 atom stereocenters. The van der Waals surface area contributed by atoms with E-state index in [-0.39, 0.29) is 10.8 Å². The number of anilines is 1. The number of nitrogens with zero attached hydrogens (tertiary/aromatic N) is 3. The number of nitrogens with one attached hydrogen (secondary N) is 1. The maximum Gasteiger partial charge on any atom is 0.258 e. The van der Waals surface area contributed by atoms with Gasteiger partial charge in [-0.2, -0.15) is 4.31 Å². The second-order valence-corrected chi connectivity index (χ2v) is 10.8. The van der Waals surface area contributed by atoms with E-state index in [0.29, 0.717) is 35.1 Å². The third-order valence-electron chi connectivity index (χ3n) is 5.36. The second kappa shape index (κ2) is 10.5. The number of pyridine rings is 1. The summed E-state index contributed by atoms with van der Waals surface area (Å²) in [5.74, 6) is 0.938. The van der Waals surface area contributed by atoms with Crippen LogP contribution in [-0.4, -0.2) is 41.9 Å². The molecule has 3 aromatic rings. The SMILES string of the molecule is Cc1cc(CSc2ncccc2C(=O)Nc2ccc(S(=O)(=O)N3CCCCCC3)cc2)no1. The van der Waals surface area contributed by atoms with Crippen LogP contribution in [0, 0.1) is 6.92 Å². The van der Waals surface area contributed by atoms with Gasteiger partial charge in [0, 0.05) is 36.8 Å². The minimum Gasteiger partial charge on any atom is -0.361 e. The van der Waals surface area contributed by atoms with Gasteiger partial charge in [0.25, 0.3) is 5.91 Å². The van der Waals surface area contributed by atoms with Crippen molar-refractivity contribution in [2.24, 2.45) is 0 Å². The third kappa shape index (κ3) is 5.82. The molecule has 1 aliphatic rings. The normalized spacial score (nSPS) is 15.2. The molecule has 1 N–H and O–H groups in total. The number of aryl methyl sites for hydroxylation is 1. The molecule has 0 aliphatic carbocycles. The van der Waals surface area contributed by atoms with Crippen LogP contribution in [0.2, 0.25) is 0 Å². The molecule has 0 saturated carbocycles. The smallest absolute Gasteiger partial charge is 0.258 e. The van der Waals surface area contributed by atoms with Crippen molar-refractivity contribution in [3.8, 4) is 0 Å². The second-order valence-electron chi connectivity index (χ2n) is 7.87. The van der Waals surface area contributed by atoms with Crippen molar-refractivity contribution in [1.82, 2.24) is 14.4 Å². The van der Waals surface area contributed by atoms with Crippen molar-refractivity contribution in [3.05, 3.63) is 65.7 Å². The number of carbonyl (C=O) groups excluding carboxylic acids is 1. The molecule has 0 spiro atoms. The van der Waals surface area contributed by atoms with Crippen molar-refractivity contribution in [2.45, 2.75) is 48.3 Å². The van der Waals surface area contributed by atoms with Crippen LogP contribution in [0.4, 0.5) is 5.69 Å². The number of rotatable bonds is 7. The first-order chi connectivity index (χ1) is 15.9. The molecule has 0 bridgehead atoms. The number of aromatic nitrogens is 2. The fourth-order valence-electron chi connectivity index (χ4n) is 3.65. The van der Waals surface area contributed by atoms with Gasteiger partial charge in [0.2, 0.25) is 10.0 Å². The summed E-state index contributed by atoms with van der Waals surface area (Å²) in [4.78, 5) is 17.5. The van der Waals surface area contributed by atoms with E-state index in [4.69, 9.17) is 4.52 Å². The summed E-state index contributed by atoms with van der Waals surface area (Å²) < 4.78 is 32.5. The molecule has 1 aromatic carbocycles. The summed E-state index contributed by atoms with van der Waals surface area (Å²) in [6.07, 6.45) is 5.52. The topological polar surface area (TPSA) is 105 Å². The summed E-state index contributed by atoms with van der Waals surface area (Å²) in [6, 6.07) is 11.6. The number of benzene rings is 1. The Balaban J connectivity index is 1.44. The van der Waals surface area contributed by atoms with E-state index in [2.05, 4.69) is 15.5 Å².